The minimum atomic E-state index is -0.249. The molecule has 0 aromatic heterocycles. The predicted octanol–water partition coefficient (Wildman–Crippen LogP) is 1.55. The lowest BCUT2D eigenvalue weighted by atomic mass is 9.83. The molecular weight excluding hydrogens is 214 g/mol. The van der Waals surface area contributed by atoms with Gasteiger partial charge in [-0.05, 0) is 50.9 Å². The van der Waals surface area contributed by atoms with Crippen LogP contribution in [-0.2, 0) is 4.79 Å². The summed E-state index contributed by atoms with van der Waals surface area (Å²) in [4.78, 5) is 14.7. The fourth-order valence-corrected chi connectivity index (χ4v) is 4.59. The highest BCUT2D eigenvalue weighted by Crippen LogP contribution is 2.57. The number of nitrogens with zero attached hydrogens (tertiary/aromatic N) is 1. The van der Waals surface area contributed by atoms with Crippen LogP contribution in [0.3, 0.4) is 0 Å². The van der Waals surface area contributed by atoms with E-state index in [-0.39, 0.29) is 16.9 Å². The van der Waals surface area contributed by atoms with Gasteiger partial charge in [0, 0.05) is 23.9 Å². The molecule has 17 heavy (non-hydrogen) atoms. The highest BCUT2D eigenvalue weighted by atomic mass is 16.3. The summed E-state index contributed by atoms with van der Waals surface area (Å²) in [7, 11) is 0. The van der Waals surface area contributed by atoms with Crippen LogP contribution < -0.4 is 0 Å². The summed E-state index contributed by atoms with van der Waals surface area (Å²) in [6, 6.07) is 0. The second-order valence-electron chi connectivity index (χ2n) is 6.99. The van der Waals surface area contributed by atoms with Crippen LogP contribution in [0.25, 0.3) is 0 Å². The third kappa shape index (κ3) is 1.29. The standard InChI is InChI=1S/C14H21NO2/c16-11-8-15(9-14(11)5-6-14)12(17)13-3-1-10(7-13)2-4-13/h10-11,16H,1-9H2. The van der Waals surface area contributed by atoms with Gasteiger partial charge in [-0.3, -0.25) is 4.79 Å². The Hall–Kier alpha value is -0.570. The lowest BCUT2D eigenvalue weighted by Crippen LogP contribution is -2.41. The maximum atomic E-state index is 12.7. The maximum absolute atomic E-state index is 12.7. The van der Waals surface area contributed by atoms with Gasteiger partial charge in [0.25, 0.3) is 0 Å². The van der Waals surface area contributed by atoms with E-state index in [0.29, 0.717) is 12.5 Å². The molecule has 3 nitrogen and oxygen atoms in total. The molecule has 1 spiro atoms. The van der Waals surface area contributed by atoms with E-state index in [2.05, 4.69) is 0 Å². The zero-order chi connectivity index (χ0) is 11.7. The molecule has 0 aromatic rings. The topological polar surface area (TPSA) is 40.5 Å². The molecule has 3 aliphatic carbocycles. The number of aliphatic hydroxyl groups excluding tert-OH is 1. The van der Waals surface area contributed by atoms with Crippen LogP contribution in [0.2, 0.25) is 0 Å². The average Bonchev–Trinajstić information content (AvgIpc) is 2.73. The number of carbonyl (C=O) groups excluding carboxylic acids is 1. The van der Waals surface area contributed by atoms with E-state index in [1.54, 1.807) is 0 Å². The third-order valence-electron chi connectivity index (χ3n) is 5.98. The number of β-amino-alcohol motifs (C(OH)–C–C–N with tert-alkyl or cyclic N) is 1. The van der Waals surface area contributed by atoms with Gasteiger partial charge < -0.3 is 10.0 Å². The van der Waals surface area contributed by atoms with Crippen molar-refractivity contribution < 1.29 is 9.90 Å². The molecule has 1 aliphatic heterocycles. The molecule has 1 unspecified atom stereocenters. The van der Waals surface area contributed by atoms with Crippen LogP contribution in [0.15, 0.2) is 0 Å². The van der Waals surface area contributed by atoms with E-state index in [9.17, 15) is 9.90 Å². The summed E-state index contributed by atoms with van der Waals surface area (Å²) in [5.41, 5.74) is 0.105. The number of rotatable bonds is 1. The number of aliphatic hydroxyl groups is 1. The van der Waals surface area contributed by atoms with Crippen LogP contribution >= 0.6 is 0 Å². The lowest BCUT2D eigenvalue weighted by Gasteiger charge is -2.30. The Bertz CT molecular complexity index is 366. The first-order valence-corrected chi connectivity index (χ1v) is 7.11. The van der Waals surface area contributed by atoms with E-state index < -0.39 is 0 Å². The lowest BCUT2D eigenvalue weighted by molar-refractivity contribution is -0.141. The second-order valence-corrected chi connectivity index (χ2v) is 6.99. The van der Waals surface area contributed by atoms with Crippen molar-refractivity contribution in [2.45, 2.75) is 51.0 Å². The Morgan fingerprint density at radius 1 is 1.18 bits per heavy atom. The zero-order valence-electron chi connectivity index (χ0n) is 10.3. The SMILES string of the molecule is O=C(N1CC(O)C2(CC2)C1)C12CCC(CC1)C2. The summed E-state index contributed by atoms with van der Waals surface area (Å²) in [5.74, 6) is 1.20. The first-order valence-electron chi connectivity index (χ1n) is 7.11. The highest BCUT2D eigenvalue weighted by molar-refractivity contribution is 5.84. The van der Waals surface area contributed by atoms with Crippen molar-refractivity contribution in [3.63, 3.8) is 0 Å². The Morgan fingerprint density at radius 2 is 1.88 bits per heavy atom. The molecule has 4 rings (SSSR count). The number of carbonyl (C=O) groups is 1. The Labute approximate surface area is 102 Å². The fraction of sp³-hybridized carbons (Fsp3) is 0.929. The number of hydrogen-bond donors (Lipinski definition) is 1. The average molecular weight is 235 g/mol. The van der Waals surface area contributed by atoms with Gasteiger partial charge in [-0.15, -0.1) is 0 Å². The van der Waals surface area contributed by atoms with Gasteiger partial charge in [0.15, 0.2) is 0 Å². The first-order chi connectivity index (χ1) is 8.14. The Kier molecular flexibility index (Phi) is 1.86. The number of fused-ring (bicyclic) bond motifs is 2. The fourth-order valence-electron chi connectivity index (χ4n) is 4.59. The van der Waals surface area contributed by atoms with Crippen LogP contribution in [0, 0.1) is 16.7 Å². The maximum Gasteiger partial charge on any atom is 0.228 e. The third-order valence-corrected chi connectivity index (χ3v) is 5.98. The van der Waals surface area contributed by atoms with E-state index in [4.69, 9.17) is 0 Å². The highest BCUT2D eigenvalue weighted by Gasteiger charge is 2.59. The predicted molar refractivity (Wildman–Crippen MR) is 63.3 cm³/mol. The molecule has 4 fully saturated rings. The van der Waals surface area contributed by atoms with Crippen molar-refractivity contribution >= 4 is 5.91 Å². The van der Waals surface area contributed by atoms with E-state index >= 15 is 0 Å². The molecule has 1 atom stereocenters. The van der Waals surface area contributed by atoms with Gasteiger partial charge in [-0.25, -0.2) is 0 Å². The number of amides is 1. The molecule has 1 heterocycles. The summed E-state index contributed by atoms with van der Waals surface area (Å²) < 4.78 is 0. The molecule has 0 aromatic carbocycles. The van der Waals surface area contributed by atoms with E-state index in [0.717, 1.165) is 44.6 Å². The molecule has 0 radical (unpaired) electrons. The van der Waals surface area contributed by atoms with Crippen molar-refractivity contribution in [2.24, 2.45) is 16.7 Å². The minimum absolute atomic E-state index is 0.00912. The first kappa shape index (κ1) is 10.4. The molecule has 94 valence electrons. The van der Waals surface area contributed by atoms with Crippen molar-refractivity contribution in [2.75, 3.05) is 13.1 Å². The normalized spacial score (nSPS) is 45.8. The van der Waals surface area contributed by atoms with Crippen LogP contribution in [-0.4, -0.2) is 35.1 Å². The molecule has 1 saturated heterocycles. The molecule has 4 aliphatic rings. The van der Waals surface area contributed by atoms with Gasteiger partial charge >= 0.3 is 0 Å². The molecule has 3 saturated carbocycles. The molecule has 3 heteroatoms. The van der Waals surface area contributed by atoms with Gasteiger partial charge in [0.2, 0.25) is 5.91 Å². The molecule has 1 N–H and O–H groups in total. The molecule has 2 bridgehead atoms. The number of hydrogen-bond acceptors (Lipinski definition) is 2. The smallest absolute Gasteiger partial charge is 0.228 e. The number of likely N-dealkylation sites (tertiary alicyclic amines) is 1. The summed E-state index contributed by atoms with van der Waals surface area (Å²) >= 11 is 0. The van der Waals surface area contributed by atoms with Gasteiger partial charge in [-0.2, -0.15) is 0 Å². The molecular formula is C14H21NO2. The summed E-state index contributed by atoms with van der Waals surface area (Å²) in [5, 5.41) is 10.1. The minimum Gasteiger partial charge on any atom is -0.391 e. The van der Waals surface area contributed by atoms with Crippen LogP contribution in [0.4, 0.5) is 0 Å². The van der Waals surface area contributed by atoms with Gasteiger partial charge in [0.05, 0.1) is 6.10 Å². The molecule has 1 amide bonds. The van der Waals surface area contributed by atoms with Gasteiger partial charge in [0.1, 0.15) is 0 Å². The van der Waals surface area contributed by atoms with E-state index in [1.807, 2.05) is 4.90 Å². The van der Waals surface area contributed by atoms with Gasteiger partial charge in [-0.1, -0.05) is 0 Å². The summed E-state index contributed by atoms with van der Waals surface area (Å²) in [6.45, 7) is 1.44. The van der Waals surface area contributed by atoms with Crippen LogP contribution in [0.1, 0.15) is 44.9 Å². The van der Waals surface area contributed by atoms with Crippen molar-refractivity contribution in [1.29, 1.82) is 0 Å². The Morgan fingerprint density at radius 3 is 2.35 bits per heavy atom. The summed E-state index contributed by atoms with van der Waals surface area (Å²) in [6.07, 6.45) is 7.85. The zero-order valence-corrected chi connectivity index (χ0v) is 10.3. The second kappa shape index (κ2) is 3.05. The Balaban J connectivity index is 1.54. The van der Waals surface area contributed by atoms with Crippen molar-refractivity contribution in [3.05, 3.63) is 0 Å². The largest absolute Gasteiger partial charge is 0.391 e. The van der Waals surface area contributed by atoms with Crippen molar-refractivity contribution in [1.82, 2.24) is 4.90 Å². The quantitative estimate of drug-likeness (QED) is 0.749. The van der Waals surface area contributed by atoms with E-state index in [1.165, 1.54) is 12.8 Å². The van der Waals surface area contributed by atoms with Crippen LogP contribution in [0.5, 0.6) is 0 Å². The monoisotopic (exact) mass is 235 g/mol. The van der Waals surface area contributed by atoms with Crippen molar-refractivity contribution in [3.8, 4) is 0 Å².